The third kappa shape index (κ3) is 3.05. The van der Waals surface area contributed by atoms with Gasteiger partial charge in [-0.15, -0.1) is 0 Å². The van der Waals surface area contributed by atoms with Gasteiger partial charge in [-0.2, -0.15) is 13.2 Å². The molecule has 0 aliphatic carbocycles. The van der Waals surface area contributed by atoms with Crippen LogP contribution in [0.4, 0.5) is 13.2 Å². The Balaban J connectivity index is 1.93. The van der Waals surface area contributed by atoms with E-state index < -0.39 is 11.9 Å². The molecule has 1 aliphatic rings. The first-order chi connectivity index (χ1) is 10.5. The van der Waals surface area contributed by atoms with Gasteiger partial charge in [-0.3, -0.25) is 0 Å². The summed E-state index contributed by atoms with van der Waals surface area (Å²) >= 11 is 5.90. The fourth-order valence-corrected chi connectivity index (χ4v) is 3.10. The maximum absolute atomic E-state index is 13.3. The van der Waals surface area contributed by atoms with Crippen molar-refractivity contribution in [2.24, 2.45) is 0 Å². The van der Waals surface area contributed by atoms with Gasteiger partial charge in [0, 0.05) is 13.1 Å². The number of rotatable bonds is 3. The standard InChI is InChI=1S/C14H16ClF3N4/c15-12-10-8-11(14(16,17)18)22(13(10)20-9-19-12)7-6-21-4-2-1-3-5-21/h8-9H,1-7H2. The van der Waals surface area contributed by atoms with E-state index in [9.17, 15) is 13.2 Å². The lowest BCUT2D eigenvalue weighted by molar-refractivity contribution is -0.143. The summed E-state index contributed by atoms with van der Waals surface area (Å²) in [4.78, 5) is 9.94. The molecule has 4 nitrogen and oxygen atoms in total. The van der Waals surface area contributed by atoms with Crippen molar-refractivity contribution in [2.45, 2.75) is 32.0 Å². The van der Waals surface area contributed by atoms with Gasteiger partial charge in [0.05, 0.1) is 5.39 Å². The second kappa shape index (κ2) is 6.04. The fourth-order valence-electron chi connectivity index (χ4n) is 2.92. The number of hydrogen-bond donors (Lipinski definition) is 0. The molecule has 0 radical (unpaired) electrons. The molecular formula is C14H16ClF3N4. The van der Waals surface area contributed by atoms with Crippen molar-refractivity contribution in [3.8, 4) is 0 Å². The second-order valence-corrected chi connectivity index (χ2v) is 5.84. The summed E-state index contributed by atoms with van der Waals surface area (Å²) in [5.74, 6) is 0. The monoisotopic (exact) mass is 332 g/mol. The first-order valence-electron chi connectivity index (χ1n) is 7.26. The van der Waals surface area contributed by atoms with E-state index in [1.165, 1.54) is 17.3 Å². The van der Waals surface area contributed by atoms with Crippen molar-refractivity contribution in [3.63, 3.8) is 0 Å². The van der Waals surface area contributed by atoms with Crippen LogP contribution in [0.25, 0.3) is 11.0 Å². The zero-order chi connectivity index (χ0) is 15.7. The number of hydrogen-bond acceptors (Lipinski definition) is 3. The van der Waals surface area contributed by atoms with E-state index >= 15 is 0 Å². The Morgan fingerprint density at radius 2 is 1.82 bits per heavy atom. The maximum atomic E-state index is 13.3. The summed E-state index contributed by atoms with van der Waals surface area (Å²) in [5.41, 5.74) is -0.480. The third-order valence-corrected chi connectivity index (χ3v) is 4.32. The van der Waals surface area contributed by atoms with E-state index in [0.717, 1.165) is 32.0 Å². The number of likely N-dealkylation sites (tertiary alicyclic amines) is 1. The van der Waals surface area contributed by atoms with E-state index in [0.29, 0.717) is 6.54 Å². The Labute approximate surface area is 130 Å². The third-order valence-electron chi connectivity index (χ3n) is 4.02. The minimum atomic E-state index is -4.44. The fraction of sp³-hybridized carbons (Fsp3) is 0.571. The Bertz CT molecular complexity index is 662. The largest absolute Gasteiger partial charge is 0.431 e. The van der Waals surface area contributed by atoms with Crippen LogP contribution in [-0.2, 0) is 12.7 Å². The molecule has 2 aromatic heterocycles. The van der Waals surface area contributed by atoms with Crippen molar-refractivity contribution in [2.75, 3.05) is 19.6 Å². The number of halogens is 4. The van der Waals surface area contributed by atoms with Crippen molar-refractivity contribution < 1.29 is 13.2 Å². The maximum Gasteiger partial charge on any atom is 0.431 e. The molecule has 8 heteroatoms. The van der Waals surface area contributed by atoms with Crippen molar-refractivity contribution >= 4 is 22.6 Å². The summed E-state index contributed by atoms with van der Waals surface area (Å²) in [6, 6.07) is 1.04. The Morgan fingerprint density at radius 1 is 1.09 bits per heavy atom. The Hall–Kier alpha value is -1.34. The number of piperidine rings is 1. The molecule has 1 aliphatic heterocycles. The SMILES string of the molecule is FC(F)(F)c1cc2c(Cl)ncnc2n1CCN1CCCCC1. The highest BCUT2D eigenvalue weighted by molar-refractivity contribution is 6.33. The molecule has 1 fully saturated rings. The molecular weight excluding hydrogens is 317 g/mol. The number of aromatic nitrogens is 3. The zero-order valence-electron chi connectivity index (χ0n) is 11.9. The minimum absolute atomic E-state index is 0.0484. The number of alkyl halides is 3. The molecule has 0 spiro atoms. The predicted octanol–water partition coefficient (Wildman–Crippen LogP) is 3.59. The highest BCUT2D eigenvalue weighted by atomic mass is 35.5. The van der Waals surface area contributed by atoms with Crippen LogP contribution in [0.15, 0.2) is 12.4 Å². The Kier molecular flexibility index (Phi) is 4.27. The van der Waals surface area contributed by atoms with Gasteiger partial charge >= 0.3 is 6.18 Å². The molecule has 0 atom stereocenters. The molecule has 22 heavy (non-hydrogen) atoms. The van der Waals surface area contributed by atoms with Crippen LogP contribution >= 0.6 is 11.6 Å². The van der Waals surface area contributed by atoms with Crippen LogP contribution in [0.2, 0.25) is 5.15 Å². The van der Waals surface area contributed by atoms with Crippen LogP contribution in [0, 0.1) is 0 Å². The van der Waals surface area contributed by atoms with Crippen LogP contribution < -0.4 is 0 Å². The smallest absolute Gasteiger partial charge is 0.320 e. The van der Waals surface area contributed by atoms with Crippen molar-refractivity contribution in [1.82, 2.24) is 19.4 Å². The quantitative estimate of drug-likeness (QED) is 0.805. The molecule has 120 valence electrons. The molecule has 0 amide bonds. The van der Waals surface area contributed by atoms with E-state index in [4.69, 9.17) is 11.6 Å². The normalized spacial score (nSPS) is 17.3. The van der Waals surface area contributed by atoms with Gasteiger partial charge in [0.1, 0.15) is 22.8 Å². The number of nitrogens with zero attached hydrogens (tertiary/aromatic N) is 4. The lowest BCUT2D eigenvalue weighted by atomic mass is 10.1. The lowest BCUT2D eigenvalue weighted by Crippen LogP contribution is -2.33. The highest BCUT2D eigenvalue weighted by Gasteiger charge is 2.36. The molecule has 1 saturated heterocycles. The van der Waals surface area contributed by atoms with Crippen LogP contribution in [0.3, 0.4) is 0 Å². The average molecular weight is 333 g/mol. The van der Waals surface area contributed by atoms with Gasteiger partial charge in [0.15, 0.2) is 0 Å². The lowest BCUT2D eigenvalue weighted by Gasteiger charge is -2.27. The van der Waals surface area contributed by atoms with E-state index in [1.54, 1.807) is 0 Å². The molecule has 0 unspecified atom stereocenters. The van der Waals surface area contributed by atoms with E-state index in [1.807, 2.05) is 0 Å². The first kappa shape index (κ1) is 15.6. The molecule has 0 aromatic carbocycles. The van der Waals surface area contributed by atoms with Crippen LogP contribution in [-0.4, -0.2) is 39.1 Å². The summed E-state index contributed by atoms with van der Waals surface area (Å²) in [7, 11) is 0. The predicted molar refractivity (Wildman–Crippen MR) is 77.8 cm³/mol. The molecule has 3 heterocycles. The second-order valence-electron chi connectivity index (χ2n) is 5.48. The molecule has 0 bridgehead atoms. The van der Waals surface area contributed by atoms with Gasteiger partial charge < -0.3 is 9.47 Å². The first-order valence-corrected chi connectivity index (χ1v) is 7.64. The van der Waals surface area contributed by atoms with Gasteiger partial charge in [0.25, 0.3) is 0 Å². The molecule has 0 N–H and O–H groups in total. The van der Waals surface area contributed by atoms with Crippen LogP contribution in [0.5, 0.6) is 0 Å². The topological polar surface area (TPSA) is 34.0 Å². The van der Waals surface area contributed by atoms with Gasteiger partial charge in [-0.05, 0) is 32.0 Å². The van der Waals surface area contributed by atoms with Crippen molar-refractivity contribution in [3.05, 3.63) is 23.2 Å². The molecule has 0 saturated carbocycles. The zero-order valence-corrected chi connectivity index (χ0v) is 12.7. The summed E-state index contributed by atoms with van der Waals surface area (Å²) < 4.78 is 41.0. The number of fused-ring (bicyclic) bond motifs is 1. The van der Waals surface area contributed by atoms with Gasteiger partial charge in [0.2, 0.25) is 0 Å². The van der Waals surface area contributed by atoms with Crippen molar-refractivity contribution in [1.29, 1.82) is 0 Å². The van der Waals surface area contributed by atoms with Crippen LogP contribution in [0.1, 0.15) is 25.0 Å². The van der Waals surface area contributed by atoms with Gasteiger partial charge in [-0.1, -0.05) is 18.0 Å². The van der Waals surface area contributed by atoms with E-state index in [-0.39, 0.29) is 22.7 Å². The Morgan fingerprint density at radius 3 is 2.50 bits per heavy atom. The summed E-state index contributed by atoms with van der Waals surface area (Å²) in [5, 5.41) is 0.294. The molecule has 3 rings (SSSR count). The highest BCUT2D eigenvalue weighted by Crippen LogP contribution is 2.35. The summed E-state index contributed by atoms with van der Waals surface area (Å²) in [6.07, 6.45) is 0.160. The van der Waals surface area contributed by atoms with E-state index in [2.05, 4.69) is 14.9 Å². The summed E-state index contributed by atoms with van der Waals surface area (Å²) in [6.45, 7) is 2.70. The molecule has 2 aromatic rings. The van der Waals surface area contributed by atoms with Gasteiger partial charge in [-0.25, -0.2) is 9.97 Å². The minimum Gasteiger partial charge on any atom is -0.320 e. The average Bonchev–Trinajstić information content (AvgIpc) is 2.86.